The van der Waals surface area contributed by atoms with Crippen LogP contribution in [0.4, 0.5) is 8.78 Å². The fourth-order valence-corrected chi connectivity index (χ4v) is 4.71. The Kier molecular flexibility index (Phi) is 6.17. The van der Waals surface area contributed by atoms with Gasteiger partial charge in [0.05, 0.1) is 12.1 Å². The molecule has 1 atom stereocenters. The van der Waals surface area contributed by atoms with Gasteiger partial charge in [0.15, 0.2) is 0 Å². The van der Waals surface area contributed by atoms with Crippen molar-refractivity contribution in [2.24, 2.45) is 0 Å². The molecule has 2 aliphatic carbocycles. The van der Waals surface area contributed by atoms with Crippen LogP contribution >= 0.6 is 0 Å². The molecule has 2 saturated carbocycles. The van der Waals surface area contributed by atoms with E-state index in [1.807, 2.05) is 42.6 Å². The lowest BCUT2D eigenvalue weighted by Gasteiger charge is -2.36. The van der Waals surface area contributed by atoms with Gasteiger partial charge in [0.1, 0.15) is 11.6 Å². The SMILES string of the molecule is CN/C=C1/CC(N(C(=O)c2cc(C)n(Cc3ccc(F)cc3F)c2C)C2CC2)CCC1=N. The number of halogens is 2. The molecule has 32 heavy (non-hydrogen) atoms. The van der Waals surface area contributed by atoms with Gasteiger partial charge in [-0.3, -0.25) is 4.79 Å². The number of nitrogens with zero attached hydrogens (tertiary/aromatic N) is 2. The number of carbonyl (C=O) groups is 1. The third kappa shape index (κ3) is 4.33. The molecule has 1 heterocycles. The van der Waals surface area contributed by atoms with Crippen LogP contribution in [0.2, 0.25) is 0 Å². The van der Waals surface area contributed by atoms with Gasteiger partial charge in [0, 0.05) is 54.1 Å². The van der Waals surface area contributed by atoms with Gasteiger partial charge in [0.25, 0.3) is 5.91 Å². The molecular formula is C25H30F2N4O. The normalized spacial score (nSPS) is 20.0. The van der Waals surface area contributed by atoms with Crippen LogP contribution in [0.25, 0.3) is 0 Å². The molecule has 7 heteroatoms. The Hall–Kier alpha value is -2.96. The van der Waals surface area contributed by atoms with E-state index in [0.29, 0.717) is 29.7 Å². The molecule has 2 fully saturated rings. The minimum Gasteiger partial charge on any atom is -0.394 e. The Morgan fingerprint density at radius 3 is 2.62 bits per heavy atom. The van der Waals surface area contributed by atoms with Crippen molar-refractivity contribution in [3.8, 4) is 0 Å². The number of aromatic nitrogens is 1. The largest absolute Gasteiger partial charge is 0.394 e. The average Bonchev–Trinajstić information content (AvgIpc) is 3.54. The third-order valence-corrected chi connectivity index (χ3v) is 6.61. The summed E-state index contributed by atoms with van der Waals surface area (Å²) in [7, 11) is 1.83. The van der Waals surface area contributed by atoms with E-state index in [-0.39, 0.29) is 24.5 Å². The summed E-state index contributed by atoms with van der Waals surface area (Å²) in [6.07, 6.45) is 6.02. The predicted molar refractivity (Wildman–Crippen MR) is 121 cm³/mol. The lowest BCUT2D eigenvalue weighted by Crippen LogP contribution is -2.44. The number of aryl methyl sites for hydroxylation is 1. The summed E-state index contributed by atoms with van der Waals surface area (Å²) >= 11 is 0. The molecule has 0 bridgehead atoms. The van der Waals surface area contributed by atoms with Crippen LogP contribution in [0.1, 0.15) is 59.4 Å². The van der Waals surface area contributed by atoms with E-state index < -0.39 is 11.6 Å². The molecule has 4 rings (SSSR count). The second-order valence-corrected chi connectivity index (χ2v) is 8.88. The molecule has 2 N–H and O–H groups in total. The summed E-state index contributed by atoms with van der Waals surface area (Å²) in [5, 5.41) is 11.2. The fourth-order valence-electron chi connectivity index (χ4n) is 4.71. The molecule has 1 unspecified atom stereocenters. The van der Waals surface area contributed by atoms with Gasteiger partial charge in [-0.25, -0.2) is 8.78 Å². The summed E-state index contributed by atoms with van der Waals surface area (Å²) in [5.74, 6) is -1.18. The molecule has 2 aliphatic rings. The topological polar surface area (TPSA) is 61.1 Å². The standard InChI is InChI=1S/C25H30F2N4O/c1-15-10-22(16(2)30(15)14-17-4-5-19(26)12-23(17)27)25(32)31(20-6-7-20)21-8-9-24(28)18(11-21)13-29-3/h4-5,10,12-13,20-21,28-29H,6-9,11,14H2,1-3H3/b18-13-,28-24?. The smallest absolute Gasteiger partial charge is 0.256 e. The van der Waals surface area contributed by atoms with E-state index in [4.69, 9.17) is 5.41 Å². The molecule has 0 saturated heterocycles. The molecule has 1 aromatic heterocycles. The third-order valence-electron chi connectivity index (χ3n) is 6.61. The monoisotopic (exact) mass is 440 g/mol. The van der Waals surface area contributed by atoms with Crippen molar-refractivity contribution >= 4 is 11.6 Å². The number of carbonyl (C=O) groups excluding carboxylic acids is 1. The highest BCUT2D eigenvalue weighted by Gasteiger charge is 2.40. The maximum absolute atomic E-state index is 14.2. The van der Waals surface area contributed by atoms with Crippen molar-refractivity contribution < 1.29 is 13.6 Å². The van der Waals surface area contributed by atoms with Crippen molar-refractivity contribution in [1.82, 2.24) is 14.8 Å². The van der Waals surface area contributed by atoms with Crippen molar-refractivity contribution in [3.63, 3.8) is 0 Å². The van der Waals surface area contributed by atoms with E-state index in [9.17, 15) is 13.6 Å². The van der Waals surface area contributed by atoms with E-state index in [2.05, 4.69) is 5.32 Å². The van der Waals surface area contributed by atoms with Crippen molar-refractivity contribution in [3.05, 3.63) is 70.2 Å². The fraction of sp³-hybridized carbons (Fsp3) is 0.440. The second kappa shape index (κ2) is 8.88. The van der Waals surface area contributed by atoms with Crippen molar-refractivity contribution in [1.29, 1.82) is 5.41 Å². The number of nitrogens with one attached hydrogen (secondary N) is 2. The first-order chi connectivity index (χ1) is 15.3. The minimum atomic E-state index is -0.601. The molecule has 0 radical (unpaired) electrons. The summed E-state index contributed by atoms with van der Waals surface area (Å²) in [6, 6.07) is 5.79. The summed E-state index contributed by atoms with van der Waals surface area (Å²) in [4.78, 5) is 15.8. The lowest BCUT2D eigenvalue weighted by atomic mass is 9.88. The molecule has 170 valence electrons. The molecular weight excluding hydrogens is 410 g/mol. The Labute approximate surface area is 187 Å². The van der Waals surface area contributed by atoms with E-state index in [0.717, 1.165) is 42.3 Å². The molecule has 1 amide bonds. The Morgan fingerprint density at radius 1 is 1.22 bits per heavy atom. The highest BCUT2D eigenvalue weighted by Crippen LogP contribution is 2.36. The predicted octanol–water partition coefficient (Wildman–Crippen LogP) is 4.71. The van der Waals surface area contributed by atoms with Gasteiger partial charge in [-0.1, -0.05) is 6.07 Å². The van der Waals surface area contributed by atoms with Crippen LogP contribution in [0.15, 0.2) is 36.0 Å². The Balaban J connectivity index is 1.61. The Morgan fingerprint density at radius 2 is 1.97 bits per heavy atom. The molecule has 0 spiro atoms. The van der Waals surface area contributed by atoms with E-state index in [1.54, 1.807) is 0 Å². The van der Waals surface area contributed by atoms with Crippen LogP contribution in [-0.2, 0) is 6.54 Å². The second-order valence-electron chi connectivity index (χ2n) is 8.88. The Bertz CT molecular complexity index is 1080. The van der Waals surface area contributed by atoms with Gasteiger partial charge in [0.2, 0.25) is 0 Å². The van der Waals surface area contributed by atoms with Gasteiger partial charge >= 0.3 is 0 Å². The van der Waals surface area contributed by atoms with Crippen molar-refractivity contribution in [2.75, 3.05) is 7.05 Å². The number of rotatable bonds is 6. The molecule has 5 nitrogen and oxygen atoms in total. The van der Waals surface area contributed by atoms with Gasteiger partial charge in [-0.15, -0.1) is 0 Å². The summed E-state index contributed by atoms with van der Waals surface area (Å²) in [6.45, 7) is 4.04. The quantitative estimate of drug-likeness (QED) is 0.683. The minimum absolute atomic E-state index is 0.00802. The zero-order chi connectivity index (χ0) is 23.0. The highest BCUT2D eigenvalue weighted by atomic mass is 19.1. The lowest BCUT2D eigenvalue weighted by molar-refractivity contribution is 0.0646. The summed E-state index contributed by atoms with van der Waals surface area (Å²) < 4.78 is 29.4. The first-order valence-corrected chi connectivity index (χ1v) is 11.2. The summed E-state index contributed by atoms with van der Waals surface area (Å²) in [5.41, 5.74) is 4.27. The maximum atomic E-state index is 14.2. The molecule has 0 aliphatic heterocycles. The highest BCUT2D eigenvalue weighted by molar-refractivity contribution is 5.99. The van der Waals surface area contributed by atoms with Crippen LogP contribution < -0.4 is 5.32 Å². The van der Waals surface area contributed by atoms with Crippen LogP contribution in [0.5, 0.6) is 0 Å². The van der Waals surface area contributed by atoms with E-state index in [1.165, 1.54) is 12.1 Å². The molecule has 2 aromatic rings. The van der Waals surface area contributed by atoms with Crippen LogP contribution in [0, 0.1) is 30.9 Å². The van der Waals surface area contributed by atoms with Crippen LogP contribution in [0.3, 0.4) is 0 Å². The zero-order valence-corrected chi connectivity index (χ0v) is 18.8. The number of benzene rings is 1. The van der Waals surface area contributed by atoms with Crippen LogP contribution in [-0.4, -0.2) is 40.2 Å². The average molecular weight is 441 g/mol. The first kappa shape index (κ1) is 22.2. The van der Waals surface area contributed by atoms with Crippen molar-refractivity contribution in [2.45, 2.75) is 64.6 Å². The maximum Gasteiger partial charge on any atom is 0.256 e. The van der Waals surface area contributed by atoms with Gasteiger partial charge < -0.3 is 20.2 Å². The van der Waals surface area contributed by atoms with Gasteiger partial charge in [-0.05, 0) is 63.7 Å². The van der Waals surface area contributed by atoms with Gasteiger partial charge in [-0.2, -0.15) is 0 Å². The zero-order valence-electron chi connectivity index (χ0n) is 18.8. The number of amides is 1. The number of hydrogen-bond donors (Lipinski definition) is 2. The number of hydrogen-bond acceptors (Lipinski definition) is 3. The van der Waals surface area contributed by atoms with E-state index >= 15 is 0 Å². The molecule has 1 aromatic carbocycles. The first-order valence-electron chi connectivity index (χ1n) is 11.2.